The van der Waals surface area contributed by atoms with Gasteiger partial charge in [-0.05, 0) is 125 Å². The standard InChI is InChI=1S/C28H25F2N3O3S.C25H20ClF2N5O3S.C21H19ClFN5O3S.C19H19FN6O3S/c1-16-5-2-3-7-19(16)20-8-4-6-17(26(20)30)11-24(34)23-12-18(29)13-33(23)25(35)15-32-14-21(28(31)36)27-22(32)9-10-37-27;26-16-6-2-1-4-14(16)15-5-3-7-17(21(15)28)30-25(36)19-10-13(27)11-32(19)20(34)12-33-18-8-9-37-23(18)22(31-33)24(29)35;22-12-3-1-2-10(17(12)23)8-25-21(31)15-7-11-6-14(11)28(15)16(29)9-27-13-4-5-32-19(13)18(26-27)20(24)30;1-10-3-2-4-14(22-10)23-19(29)13-7-11(20)8-25(13)15(27)9-26-12-5-6-30-17(12)16(24-26)18(21)28/h2-10,14,18,23H,11-13,15H2,1H3,(H2,31,36);1-9,13,19H,10-12H2,(H2,29,35)(H,30,36);1-5,11,14-15H,6-9H2,(H2,24,30)(H,25,31);2-6,11,13H,7-9H2,1H3,(H2,21,28)(H,22,23,29)/t18-,23+;13-,19+;11-,14-,15+;11-,13+/m1111/s1. The van der Waals surface area contributed by atoms with E-state index in [1.54, 1.807) is 141 Å². The van der Waals surface area contributed by atoms with Gasteiger partial charge >= 0.3 is 0 Å². The quantitative estimate of drug-likeness (QED) is 0.0276. The number of likely N-dealkylation sites (tertiary alicyclic amines) is 4. The minimum atomic E-state index is -1.43. The van der Waals surface area contributed by atoms with Gasteiger partial charge in [-0.2, -0.15) is 15.3 Å². The Balaban J connectivity index is 0.000000132. The highest BCUT2D eigenvalue weighted by atomic mass is 35.5. The van der Waals surface area contributed by atoms with Crippen LogP contribution in [0.2, 0.25) is 10.0 Å². The average molecular weight is 1970 g/mol. The number of anilines is 2. The summed E-state index contributed by atoms with van der Waals surface area (Å²) >= 11 is 17.2. The molecule has 13 heterocycles. The summed E-state index contributed by atoms with van der Waals surface area (Å²) in [6, 6.07) is 36.5. The van der Waals surface area contributed by atoms with Crippen molar-refractivity contribution in [3.05, 3.63) is 246 Å². The molecule has 9 atom stereocenters. The number of benzene rings is 5. The molecule has 1 saturated carbocycles. The molecule has 4 aliphatic heterocycles. The predicted molar refractivity (Wildman–Crippen MR) is 501 cm³/mol. The number of aromatic nitrogens is 8. The first-order valence-electron chi connectivity index (χ1n) is 42.5. The molecule has 5 aromatic carbocycles. The van der Waals surface area contributed by atoms with E-state index in [9.17, 15) is 75.1 Å². The summed E-state index contributed by atoms with van der Waals surface area (Å²) in [6.45, 7) is 2.13. The van der Waals surface area contributed by atoms with Crippen molar-refractivity contribution in [1.29, 1.82) is 0 Å². The number of nitrogens with one attached hydrogen (secondary N) is 3. The Hall–Kier alpha value is -14.0. The lowest BCUT2D eigenvalue weighted by Gasteiger charge is -2.27. The highest BCUT2D eigenvalue weighted by Crippen LogP contribution is 2.48. The largest absolute Gasteiger partial charge is 0.366 e. The summed E-state index contributed by atoms with van der Waals surface area (Å²) < 4.78 is 96.0. The molecular weight excluding hydrogens is 1890 g/mol. The maximum absolute atomic E-state index is 15.4. The minimum absolute atomic E-state index is 0.00929. The lowest BCUT2D eigenvalue weighted by Crippen LogP contribution is -2.48. The Morgan fingerprint density at radius 2 is 0.897 bits per heavy atom. The van der Waals surface area contributed by atoms with E-state index in [2.05, 4.69) is 36.2 Å². The molecule has 5 aliphatic rings. The molecule has 19 rings (SSSR count). The maximum Gasteiger partial charge on any atom is 0.270 e. The SMILES string of the molecule is Cc1cccc(NC(=O)[C@@H]2C[C@@H](F)CN2C(=O)Cn2nc(C(N)=O)c3sccc32)n1.Cc1ccccc1-c1cccc(CC(=O)[C@@H]2C[C@@H](F)CN2C(=O)Cn2cc(C(N)=O)c3sccc32)c1F.NC(=O)c1nn(CC(=O)N2C[C@H](F)C[C@H]2C(=O)Nc2cccc(-c3ccccc3Cl)c2F)c2ccsc12.NC(=O)c1nn(CC(=O)N2[C@@H]3C[C@@H]3C[C@H]2C(=O)NCc2cccc(Cl)c2F)c2ccsc12. The van der Waals surface area contributed by atoms with E-state index >= 15 is 8.78 Å². The first-order chi connectivity index (χ1) is 65.2. The van der Waals surface area contributed by atoms with Gasteiger partial charge in [-0.25, -0.2) is 31.3 Å². The number of aryl methyl sites for hydroxylation is 2. The second-order valence-corrected chi connectivity index (χ2v) is 37.4. The predicted octanol–water partition coefficient (Wildman–Crippen LogP) is 12.7. The Morgan fingerprint density at radius 3 is 1.45 bits per heavy atom. The van der Waals surface area contributed by atoms with Gasteiger partial charge in [0.1, 0.15) is 80.3 Å². The third-order valence-electron chi connectivity index (χ3n) is 24.0. The molecule has 702 valence electrons. The molecule has 0 radical (unpaired) electrons. The van der Waals surface area contributed by atoms with Gasteiger partial charge in [0.25, 0.3) is 23.6 Å². The maximum atomic E-state index is 15.4. The van der Waals surface area contributed by atoms with Crippen molar-refractivity contribution in [3.63, 3.8) is 0 Å². The summed E-state index contributed by atoms with van der Waals surface area (Å²) in [5.41, 5.74) is 28.4. The molecule has 14 aromatic rings. The number of hydrogen-bond donors (Lipinski definition) is 7. The molecule has 11 N–H and O–H groups in total. The highest BCUT2D eigenvalue weighted by Gasteiger charge is 2.56. The monoisotopic (exact) mass is 1970 g/mol. The topological polar surface area (TPSA) is 429 Å². The molecule has 31 nitrogen and oxygen atoms in total. The number of nitrogens with two attached hydrogens (primary N) is 4. The van der Waals surface area contributed by atoms with Crippen molar-refractivity contribution < 1.29 is 83.9 Å². The third kappa shape index (κ3) is 20.1. The van der Waals surface area contributed by atoms with Crippen LogP contribution in [-0.4, -0.2) is 198 Å². The van der Waals surface area contributed by atoms with E-state index in [-0.39, 0.29) is 146 Å². The number of nitrogens with zero attached hydrogens (tertiary/aromatic N) is 12. The van der Waals surface area contributed by atoms with E-state index in [1.807, 2.05) is 31.2 Å². The number of fused-ring (bicyclic) bond motifs is 5. The van der Waals surface area contributed by atoms with Crippen molar-refractivity contribution in [2.75, 3.05) is 30.3 Å². The molecule has 5 fully saturated rings. The van der Waals surface area contributed by atoms with E-state index < -0.39 is 119 Å². The Bertz CT molecular complexity index is 6890. The van der Waals surface area contributed by atoms with Crippen molar-refractivity contribution in [3.8, 4) is 22.3 Å². The number of halogens is 8. The Labute approximate surface area is 795 Å². The van der Waals surface area contributed by atoms with Crippen LogP contribution in [0.5, 0.6) is 0 Å². The van der Waals surface area contributed by atoms with Gasteiger partial charge in [0.15, 0.2) is 28.7 Å². The molecule has 43 heteroatoms. The highest BCUT2D eigenvalue weighted by molar-refractivity contribution is 7.18. The van der Waals surface area contributed by atoms with Crippen molar-refractivity contribution in [2.24, 2.45) is 28.9 Å². The van der Waals surface area contributed by atoms with Crippen LogP contribution in [0.4, 0.5) is 37.8 Å². The van der Waals surface area contributed by atoms with Crippen LogP contribution in [0, 0.1) is 37.2 Å². The number of carbonyl (C=O) groups is 12. The lowest BCUT2D eigenvalue weighted by atomic mass is 9.95. The Kier molecular flexibility index (Phi) is 28.2. The smallest absolute Gasteiger partial charge is 0.270 e. The lowest BCUT2D eigenvalue weighted by molar-refractivity contribution is -0.140. The number of carbonyl (C=O) groups excluding carboxylic acids is 12. The molecule has 9 aromatic heterocycles. The number of alkyl halides is 3. The van der Waals surface area contributed by atoms with Gasteiger partial charge in [0.2, 0.25) is 41.4 Å². The van der Waals surface area contributed by atoms with Crippen LogP contribution in [0.3, 0.4) is 0 Å². The minimum Gasteiger partial charge on any atom is -0.366 e. The van der Waals surface area contributed by atoms with Crippen molar-refractivity contribution in [2.45, 2.75) is 134 Å². The van der Waals surface area contributed by atoms with E-state index in [0.29, 0.717) is 74.8 Å². The van der Waals surface area contributed by atoms with Gasteiger partial charge < -0.3 is 63.1 Å². The number of pyridine rings is 1. The second-order valence-electron chi connectivity index (χ2n) is 32.9. The average Bonchev–Trinajstić information content (AvgIpc) is 1.56. The number of piperidine rings is 1. The fourth-order valence-electron chi connectivity index (χ4n) is 17.4. The molecule has 0 unspecified atom stereocenters. The van der Waals surface area contributed by atoms with Gasteiger partial charge in [0.05, 0.1) is 82.8 Å². The summed E-state index contributed by atoms with van der Waals surface area (Å²) in [5, 5.41) is 27.8. The van der Waals surface area contributed by atoms with Crippen LogP contribution >= 0.6 is 68.5 Å². The Morgan fingerprint density at radius 1 is 0.434 bits per heavy atom. The molecule has 0 spiro atoms. The van der Waals surface area contributed by atoms with Gasteiger partial charge in [0, 0.05) is 77.4 Å². The summed E-state index contributed by atoms with van der Waals surface area (Å²) in [7, 11) is 0. The number of ketones is 1. The van der Waals surface area contributed by atoms with Crippen LogP contribution < -0.4 is 38.9 Å². The number of hydrogen-bond acceptors (Lipinski definition) is 20. The number of thiophene rings is 4. The number of rotatable bonds is 24. The first-order valence-corrected chi connectivity index (χ1v) is 46.8. The molecular formula is C93H83Cl2F6N19O12S4. The summed E-state index contributed by atoms with van der Waals surface area (Å²) in [4.78, 5) is 161. The first kappa shape index (κ1) is 95.2. The van der Waals surface area contributed by atoms with E-state index in [4.69, 9.17) is 46.1 Å². The van der Waals surface area contributed by atoms with E-state index in [0.717, 1.165) is 28.1 Å². The fourth-order valence-corrected chi connectivity index (χ4v) is 21.4. The number of Topliss-reactive ketones (excluding diaryl/α,β-unsaturated/α-hetero) is 1. The number of primary amides is 4. The third-order valence-corrected chi connectivity index (χ3v) is 28.3. The molecule has 136 heavy (non-hydrogen) atoms. The molecule has 1 aliphatic carbocycles. The van der Waals surface area contributed by atoms with Crippen LogP contribution in [-0.2, 0) is 77.5 Å². The molecule has 4 saturated heterocycles. The normalized spacial score (nSPS) is 18.6. The summed E-state index contributed by atoms with van der Waals surface area (Å²) in [5.74, 6) is -7.54. The zero-order valence-electron chi connectivity index (χ0n) is 72.1. The van der Waals surface area contributed by atoms with Crippen molar-refractivity contribution in [1.82, 2.24) is 63.8 Å². The summed E-state index contributed by atoms with van der Waals surface area (Å²) in [6.07, 6.45) is -1.87. The van der Waals surface area contributed by atoms with E-state index in [1.165, 1.54) is 93.6 Å². The van der Waals surface area contributed by atoms with Gasteiger partial charge in [-0.15, -0.1) is 45.3 Å². The second kappa shape index (κ2) is 40.3. The number of amides is 11. The van der Waals surface area contributed by atoms with Crippen LogP contribution in [0.15, 0.2) is 173 Å². The zero-order valence-corrected chi connectivity index (χ0v) is 76.8. The fraction of sp³-hybridized carbons (Fsp3) is 0.269. The zero-order chi connectivity index (χ0) is 96.5. The van der Waals surface area contributed by atoms with Crippen molar-refractivity contribution >= 4 is 192 Å². The molecule has 11 amide bonds. The van der Waals surface area contributed by atoms with Crippen LogP contribution in [0.1, 0.15) is 96.3 Å². The van der Waals surface area contributed by atoms with Crippen LogP contribution in [0.25, 0.3) is 63.1 Å². The molecule has 0 bridgehead atoms. The van der Waals surface area contributed by atoms with Gasteiger partial charge in [-0.3, -0.25) is 71.6 Å². The van der Waals surface area contributed by atoms with Gasteiger partial charge in [-0.1, -0.05) is 114 Å².